The van der Waals surface area contributed by atoms with E-state index in [4.69, 9.17) is 0 Å². The van der Waals surface area contributed by atoms with E-state index >= 15 is 0 Å². The Bertz CT molecular complexity index is 643. The topological polar surface area (TPSA) is 38.0 Å². The minimum absolute atomic E-state index is 0.255. The molecular weight excluding hydrogens is 200 g/mol. The fourth-order valence-electron chi connectivity index (χ4n) is 1.83. The van der Waals surface area contributed by atoms with E-state index in [1.807, 2.05) is 41.1 Å². The smallest absolute Gasteiger partial charge is 0.144 e. The molecule has 0 aliphatic heterocycles. The molecular formula is C13H10N2O. The van der Waals surface area contributed by atoms with Gasteiger partial charge in [0.1, 0.15) is 11.4 Å². The molecule has 0 saturated heterocycles. The highest BCUT2D eigenvalue weighted by molar-refractivity contribution is 5.78. The van der Waals surface area contributed by atoms with Crippen LogP contribution in [0.3, 0.4) is 0 Å². The van der Waals surface area contributed by atoms with Crippen LogP contribution in [0.1, 0.15) is 0 Å². The van der Waals surface area contributed by atoms with Gasteiger partial charge in [0.2, 0.25) is 0 Å². The second-order valence-corrected chi connectivity index (χ2v) is 3.59. The van der Waals surface area contributed by atoms with Crippen LogP contribution in [0.25, 0.3) is 16.7 Å². The molecule has 1 aromatic carbocycles. The molecule has 0 atom stereocenters. The van der Waals surface area contributed by atoms with Crippen molar-refractivity contribution < 1.29 is 5.11 Å². The molecule has 0 fully saturated rings. The number of fused-ring (bicyclic) bond motifs is 1. The second kappa shape index (κ2) is 3.38. The van der Waals surface area contributed by atoms with Crippen LogP contribution in [0.2, 0.25) is 0 Å². The number of rotatable bonds is 1. The van der Waals surface area contributed by atoms with Gasteiger partial charge in [-0.05, 0) is 30.3 Å². The van der Waals surface area contributed by atoms with Crippen molar-refractivity contribution in [1.82, 2.24) is 9.55 Å². The highest BCUT2D eigenvalue weighted by Gasteiger charge is 2.06. The molecule has 0 spiro atoms. The van der Waals surface area contributed by atoms with Crippen molar-refractivity contribution in [3.8, 4) is 11.4 Å². The van der Waals surface area contributed by atoms with E-state index in [-0.39, 0.29) is 5.75 Å². The minimum Gasteiger partial charge on any atom is -0.506 e. The van der Waals surface area contributed by atoms with Gasteiger partial charge in [0.25, 0.3) is 0 Å². The summed E-state index contributed by atoms with van der Waals surface area (Å²) in [7, 11) is 0. The molecule has 2 aromatic heterocycles. The Hall–Kier alpha value is -2.29. The van der Waals surface area contributed by atoms with E-state index in [1.165, 1.54) is 0 Å². The van der Waals surface area contributed by atoms with E-state index in [0.717, 1.165) is 16.7 Å². The van der Waals surface area contributed by atoms with Crippen molar-refractivity contribution in [2.75, 3.05) is 0 Å². The average molecular weight is 210 g/mol. The van der Waals surface area contributed by atoms with Crippen LogP contribution in [0, 0.1) is 0 Å². The van der Waals surface area contributed by atoms with E-state index in [1.54, 1.807) is 18.3 Å². The molecule has 0 unspecified atom stereocenters. The summed E-state index contributed by atoms with van der Waals surface area (Å²) in [4.78, 5) is 4.31. The first-order chi connectivity index (χ1) is 7.86. The molecule has 3 heteroatoms. The zero-order valence-electron chi connectivity index (χ0n) is 8.54. The third kappa shape index (κ3) is 1.26. The van der Waals surface area contributed by atoms with Crippen molar-refractivity contribution in [3.63, 3.8) is 0 Å². The molecule has 1 N–H and O–H groups in total. The van der Waals surface area contributed by atoms with Gasteiger partial charge in [-0.1, -0.05) is 12.1 Å². The summed E-state index contributed by atoms with van der Waals surface area (Å²) < 4.78 is 1.88. The van der Waals surface area contributed by atoms with Gasteiger partial charge in [-0.25, -0.2) is 4.98 Å². The van der Waals surface area contributed by atoms with E-state index < -0.39 is 0 Å². The standard InChI is InChI=1S/C13H10N2O/c16-12-6-2-1-5-11(12)15-9-7-10-4-3-8-14-13(10)15/h1-9,16H. The molecule has 0 aliphatic carbocycles. The summed E-state index contributed by atoms with van der Waals surface area (Å²) in [6.45, 7) is 0. The SMILES string of the molecule is Oc1ccccc1-n1ccc2cccnc21. The number of benzene rings is 1. The summed E-state index contributed by atoms with van der Waals surface area (Å²) in [5, 5.41) is 10.9. The second-order valence-electron chi connectivity index (χ2n) is 3.59. The minimum atomic E-state index is 0.255. The lowest BCUT2D eigenvalue weighted by Gasteiger charge is -2.06. The summed E-state index contributed by atoms with van der Waals surface area (Å²) in [5.41, 5.74) is 1.60. The van der Waals surface area contributed by atoms with Crippen molar-refractivity contribution in [1.29, 1.82) is 0 Å². The fourth-order valence-corrected chi connectivity index (χ4v) is 1.83. The summed E-state index contributed by atoms with van der Waals surface area (Å²) in [5.74, 6) is 0.255. The lowest BCUT2D eigenvalue weighted by atomic mass is 10.3. The fraction of sp³-hybridized carbons (Fsp3) is 0. The number of hydrogen-bond acceptors (Lipinski definition) is 2. The lowest BCUT2D eigenvalue weighted by molar-refractivity contribution is 0.472. The Morgan fingerprint density at radius 3 is 2.75 bits per heavy atom. The summed E-state index contributed by atoms with van der Waals surface area (Å²) in [6.07, 6.45) is 3.66. The van der Waals surface area contributed by atoms with Gasteiger partial charge in [-0.3, -0.25) is 4.57 Å². The van der Waals surface area contributed by atoms with Crippen LogP contribution in [0.4, 0.5) is 0 Å². The average Bonchev–Trinajstić information content (AvgIpc) is 2.74. The van der Waals surface area contributed by atoms with Gasteiger partial charge >= 0.3 is 0 Å². The molecule has 0 bridgehead atoms. The Morgan fingerprint density at radius 1 is 1.00 bits per heavy atom. The largest absolute Gasteiger partial charge is 0.506 e. The number of pyridine rings is 1. The molecule has 0 saturated carbocycles. The Labute approximate surface area is 92.6 Å². The van der Waals surface area contributed by atoms with Gasteiger partial charge in [-0.15, -0.1) is 0 Å². The van der Waals surface area contributed by atoms with Crippen LogP contribution < -0.4 is 0 Å². The number of phenolic OH excluding ortho intramolecular Hbond substituents is 1. The van der Waals surface area contributed by atoms with Crippen molar-refractivity contribution in [2.24, 2.45) is 0 Å². The van der Waals surface area contributed by atoms with Gasteiger partial charge < -0.3 is 5.11 Å². The first-order valence-corrected chi connectivity index (χ1v) is 5.07. The van der Waals surface area contributed by atoms with Crippen molar-refractivity contribution >= 4 is 11.0 Å². The monoisotopic (exact) mass is 210 g/mol. The maximum atomic E-state index is 9.79. The molecule has 0 radical (unpaired) electrons. The van der Waals surface area contributed by atoms with Crippen LogP contribution in [0.15, 0.2) is 54.9 Å². The zero-order valence-corrected chi connectivity index (χ0v) is 8.54. The molecule has 78 valence electrons. The van der Waals surface area contributed by atoms with E-state index in [2.05, 4.69) is 4.98 Å². The molecule has 2 heterocycles. The molecule has 16 heavy (non-hydrogen) atoms. The molecule has 0 amide bonds. The van der Waals surface area contributed by atoms with Gasteiger partial charge in [0.05, 0.1) is 5.69 Å². The first kappa shape index (κ1) is 8.97. The maximum Gasteiger partial charge on any atom is 0.144 e. The summed E-state index contributed by atoms with van der Waals surface area (Å²) >= 11 is 0. The van der Waals surface area contributed by atoms with E-state index in [0.29, 0.717) is 0 Å². The van der Waals surface area contributed by atoms with Crippen LogP contribution in [0.5, 0.6) is 5.75 Å². The van der Waals surface area contributed by atoms with E-state index in [9.17, 15) is 5.11 Å². The van der Waals surface area contributed by atoms with Gasteiger partial charge in [0.15, 0.2) is 0 Å². The Morgan fingerprint density at radius 2 is 1.88 bits per heavy atom. The molecule has 3 nitrogen and oxygen atoms in total. The van der Waals surface area contributed by atoms with Gasteiger partial charge in [0, 0.05) is 17.8 Å². The van der Waals surface area contributed by atoms with Crippen LogP contribution >= 0.6 is 0 Å². The predicted octanol–water partition coefficient (Wildman–Crippen LogP) is 2.73. The maximum absolute atomic E-state index is 9.79. The first-order valence-electron chi connectivity index (χ1n) is 5.07. The van der Waals surface area contributed by atoms with Crippen LogP contribution in [-0.2, 0) is 0 Å². The third-order valence-corrected chi connectivity index (χ3v) is 2.59. The highest BCUT2D eigenvalue weighted by Crippen LogP contribution is 2.24. The van der Waals surface area contributed by atoms with Gasteiger partial charge in [-0.2, -0.15) is 0 Å². The zero-order chi connectivity index (χ0) is 11.0. The Kier molecular flexibility index (Phi) is 1.90. The number of phenols is 1. The predicted molar refractivity (Wildman–Crippen MR) is 62.7 cm³/mol. The number of para-hydroxylation sites is 2. The summed E-state index contributed by atoms with van der Waals surface area (Å²) in [6, 6.07) is 13.1. The molecule has 3 rings (SSSR count). The van der Waals surface area contributed by atoms with Crippen molar-refractivity contribution in [2.45, 2.75) is 0 Å². The normalized spacial score (nSPS) is 10.8. The number of nitrogens with zero attached hydrogens (tertiary/aromatic N) is 2. The third-order valence-electron chi connectivity index (χ3n) is 2.59. The van der Waals surface area contributed by atoms with Crippen LogP contribution in [-0.4, -0.2) is 14.7 Å². The number of aromatic nitrogens is 2. The quantitative estimate of drug-likeness (QED) is 0.670. The number of hydrogen-bond donors (Lipinski definition) is 1. The number of aromatic hydroxyl groups is 1. The molecule has 0 aliphatic rings. The Balaban J connectivity index is 2.31. The molecule has 3 aromatic rings. The van der Waals surface area contributed by atoms with Crippen molar-refractivity contribution in [3.05, 3.63) is 54.9 Å². The highest BCUT2D eigenvalue weighted by atomic mass is 16.3. The lowest BCUT2D eigenvalue weighted by Crippen LogP contribution is -1.93.